The minimum Gasteiger partial charge on any atom is -0.388 e. The first-order chi connectivity index (χ1) is 12.1. The molecule has 7 heteroatoms. The van der Waals surface area contributed by atoms with E-state index in [1.54, 1.807) is 29.4 Å². The predicted octanol–water partition coefficient (Wildman–Crippen LogP) is 1.88. The molecular formula is C18H16N4O3. The lowest BCUT2D eigenvalue weighted by Crippen LogP contribution is -2.39. The first-order valence-corrected chi connectivity index (χ1v) is 8.02. The van der Waals surface area contributed by atoms with Crippen molar-refractivity contribution >= 4 is 11.6 Å². The van der Waals surface area contributed by atoms with Gasteiger partial charge in [0.05, 0.1) is 5.56 Å². The van der Waals surface area contributed by atoms with Crippen molar-refractivity contribution in [2.75, 3.05) is 4.90 Å². The second kappa shape index (κ2) is 6.01. The maximum absolute atomic E-state index is 12.8. The smallest absolute Gasteiger partial charge is 0.388 e. The van der Waals surface area contributed by atoms with E-state index in [-0.39, 0.29) is 24.4 Å². The van der Waals surface area contributed by atoms with Crippen molar-refractivity contribution in [3.8, 4) is 11.5 Å². The molecule has 7 nitrogen and oxygen atoms in total. The number of benzene rings is 1. The molecule has 3 aromatic rings. The lowest BCUT2D eigenvalue weighted by atomic mass is 10.1. The molecule has 1 unspecified atom stereocenters. The number of nitrogens with zero attached hydrogens (tertiary/aromatic N) is 4. The van der Waals surface area contributed by atoms with Gasteiger partial charge < -0.3 is 9.32 Å². The number of hydrogen-bond acceptors (Lipinski definition) is 5. The number of fused-ring (bicyclic) bond motifs is 1. The molecule has 0 aliphatic carbocycles. The van der Waals surface area contributed by atoms with Crippen LogP contribution in [0.1, 0.15) is 12.5 Å². The molecule has 1 aromatic carbocycles. The van der Waals surface area contributed by atoms with E-state index in [9.17, 15) is 9.59 Å². The summed E-state index contributed by atoms with van der Waals surface area (Å²) in [7, 11) is 0. The third-order valence-corrected chi connectivity index (χ3v) is 4.28. The van der Waals surface area contributed by atoms with Crippen molar-refractivity contribution in [2.45, 2.75) is 25.9 Å². The van der Waals surface area contributed by atoms with E-state index in [1.165, 1.54) is 0 Å². The molecule has 1 amide bonds. The first kappa shape index (κ1) is 15.3. The van der Waals surface area contributed by atoms with Crippen LogP contribution in [-0.4, -0.2) is 26.7 Å². The lowest BCUT2D eigenvalue weighted by molar-refractivity contribution is -0.119. The van der Waals surface area contributed by atoms with E-state index in [0.29, 0.717) is 5.56 Å². The van der Waals surface area contributed by atoms with Crippen LogP contribution in [0.15, 0.2) is 58.0 Å². The Morgan fingerprint density at radius 3 is 2.92 bits per heavy atom. The van der Waals surface area contributed by atoms with E-state index in [2.05, 4.69) is 10.1 Å². The van der Waals surface area contributed by atoms with Crippen LogP contribution in [0.5, 0.6) is 0 Å². The summed E-state index contributed by atoms with van der Waals surface area (Å²) in [6, 6.07) is 11.3. The first-order valence-electron chi connectivity index (χ1n) is 8.02. The Labute approximate surface area is 143 Å². The van der Waals surface area contributed by atoms with Crippen LogP contribution in [0, 0.1) is 0 Å². The molecule has 0 fully saturated rings. The molecule has 25 heavy (non-hydrogen) atoms. The van der Waals surface area contributed by atoms with Crippen molar-refractivity contribution in [2.24, 2.45) is 0 Å². The number of amides is 1. The van der Waals surface area contributed by atoms with Gasteiger partial charge in [-0.15, -0.1) is 5.10 Å². The molecule has 1 aliphatic rings. The third kappa shape index (κ3) is 2.73. The summed E-state index contributed by atoms with van der Waals surface area (Å²) in [5, 5.41) is 4.12. The minimum absolute atomic E-state index is 0.0466. The molecule has 3 heterocycles. The van der Waals surface area contributed by atoms with Crippen LogP contribution in [0.4, 0.5) is 5.69 Å². The number of rotatable bonds is 3. The highest BCUT2D eigenvalue weighted by Gasteiger charge is 2.31. The number of pyridine rings is 1. The molecule has 0 radical (unpaired) electrons. The molecule has 0 saturated carbocycles. The Kier molecular flexibility index (Phi) is 3.68. The zero-order chi connectivity index (χ0) is 17.4. The molecule has 2 aromatic heterocycles. The Morgan fingerprint density at radius 1 is 1.28 bits per heavy atom. The van der Waals surface area contributed by atoms with E-state index in [4.69, 9.17) is 4.42 Å². The highest BCUT2D eigenvalue weighted by atomic mass is 16.4. The maximum Gasteiger partial charge on any atom is 0.437 e. The molecular weight excluding hydrogens is 320 g/mol. The summed E-state index contributed by atoms with van der Waals surface area (Å²) in [4.78, 5) is 30.5. The predicted molar refractivity (Wildman–Crippen MR) is 91.1 cm³/mol. The van der Waals surface area contributed by atoms with E-state index in [0.717, 1.165) is 22.4 Å². The Bertz CT molecular complexity index is 977. The number of anilines is 1. The van der Waals surface area contributed by atoms with Gasteiger partial charge in [0.25, 0.3) is 5.89 Å². The monoisotopic (exact) mass is 336 g/mol. The molecule has 0 bridgehead atoms. The fourth-order valence-electron chi connectivity index (χ4n) is 3.16. The highest BCUT2D eigenvalue weighted by molar-refractivity contribution is 5.96. The Hall–Kier alpha value is -3.22. The normalized spacial score (nSPS) is 16.0. The maximum atomic E-state index is 12.8. The molecule has 0 saturated heterocycles. The van der Waals surface area contributed by atoms with Crippen molar-refractivity contribution in [3.05, 3.63) is 64.9 Å². The van der Waals surface area contributed by atoms with Crippen LogP contribution < -0.4 is 10.7 Å². The van der Waals surface area contributed by atoms with Gasteiger partial charge in [0.1, 0.15) is 6.54 Å². The zero-order valence-corrected chi connectivity index (χ0v) is 13.6. The summed E-state index contributed by atoms with van der Waals surface area (Å²) >= 11 is 0. The van der Waals surface area contributed by atoms with Gasteiger partial charge in [-0.1, -0.05) is 18.2 Å². The minimum atomic E-state index is -0.660. The molecule has 1 aliphatic heterocycles. The van der Waals surface area contributed by atoms with Crippen molar-refractivity contribution < 1.29 is 9.21 Å². The number of para-hydroxylation sites is 1. The topological polar surface area (TPSA) is 81.2 Å². The van der Waals surface area contributed by atoms with Crippen LogP contribution in [0.2, 0.25) is 0 Å². The van der Waals surface area contributed by atoms with Crippen molar-refractivity contribution in [1.82, 2.24) is 14.8 Å². The fourth-order valence-corrected chi connectivity index (χ4v) is 3.16. The quantitative estimate of drug-likeness (QED) is 0.729. The van der Waals surface area contributed by atoms with Gasteiger partial charge in [0, 0.05) is 24.1 Å². The summed E-state index contributed by atoms with van der Waals surface area (Å²) in [6.45, 7) is 1.83. The summed E-state index contributed by atoms with van der Waals surface area (Å²) in [5.74, 6) is -0.696. The summed E-state index contributed by atoms with van der Waals surface area (Å²) in [5.41, 5.74) is 2.61. The molecule has 1 atom stereocenters. The Morgan fingerprint density at radius 2 is 2.12 bits per heavy atom. The number of aromatic nitrogens is 3. The van der Waals surface area contributed by atoms with Gasteiger partial charge in [-0.05, 0) is 37.1 Å². The van der Waals surface area contributed by atoms with Gasteiger partial charge in [-0.25, -0.2) is 4.79 Å². The van der Waals surface area contributed by atoms with Gasteiger partial charge in [-0.2, -0.15) is 4.68 Å². The summed E-state index contributed by atoms with van der Waals surface area (Å²) < 4.78 is 6.20. The van der Waals surface area contributed by atoms with Crippen molar-refractivity contribution in [1.29, 1.82) is 0 Å². The van der Waals surface area contributed by atoms with Crippen LogP contribution >= 0.6 is 0 Å². The second-order valence-electron chi connectivity index (χ2n) is 6.02. The zero-order valence-electron chi connectivity index (χ0n) is 13.6. The van der Waals surface area contributed by atoms with Gasteiger partial charge in [0.15, 0.2) is 0 Å². The van der Waals surface area contributed by atoms with E-state index >= 15 is 0 Å². The molecule has 0 N–H and O–H groups in total. The third-order valence-electron chi connectivity index (χ3n) is 4.28. The SMILES string of the molecule is CC1Cc2ccccc2N1C(=O)Cn1nc(-c2cccnc2)oc1=O. The molecule has 0 spiro atoms. The fraction of sp³-hybridized carbons (Fsp3) is 0.222. The van der Waals surface area contributed by atoms with Crippen molar-refractivity contribution in [3.63, 3.8) is 0 Å². The Balaban J connectivity index is 1.60. The number of carbonyl (C=O) groups is 1. The van der Waals surface area contributed by atoms with E-state index < -0.39 is 5.76 Å². The largest absolute Gasteiger partial charge is 0.437 e. The van der Waals surface area contributed by atoms with Gasteiger partial charge in [0.2, 0.25) is 5.91 Å². The van der Waals surface area contributed by atoms with Gasteiger partial charge >= 0.3 is 5.76 Å². The van der Waals surface area contributed by atoms with E-state index in [1.807, 2.05) is 31.2 Å². The number of hydrogen-bond donors (Lipinski definition) is 0. The summed E-state index contributed by atoms with van der Waals surface area (Å²) in [6.07, 6.45) is 3.97. The second-order valence-corrected chi connectivity index (χ2v) is 6.02. The number of carbonyl (C=O) groups excluding carboxylic acids is 1. The highest BCUT2D eigenvalue weighted by Crippen LogP contribution is 2.31. The molecule has 126 valence electrons. The van der Waals surface area contributed by atoms with Gasteiger partial charge in [-0.3, -0.25) is 9.78 Å². The molecule has 4 rings (SSSR count). The average molecular weight is 336 g/mol. The standard InChI is InChI=1S/C18H16N4O3/c1-12-9-13-5-2-3-7-15(13)22(12)16(23)11-21-18(24)25-17(20-21)14-6-4-8-19-10-14/h2-8,10,12H,9,11H2,1H3. The van der Waals surface area contributed by atoms with Crippen LogP contribution in [0.3, 0.4) is 0 Å². The lowest BCUT2D eigenvalue weighted by Gasteiger charge is -2.22. The van der Waals surface area contributed by atoms with Crippen LogP contribution in [0.25, 0.3) is 11.5 Å². The van der Waals surface area contributed by atoms with Crippen LogP contribution in [-0.2, 0) is 17.8 Å². The average Bonchev–Trinajstić information content (AvgIpc) is 3.15.